The molecule has 1 aliphatic carbocycles. The molecular formula is C15H21NO2S. The van der Waals surface area contributed by atoms with E-state index < -0.39 is 0 Å². The van der Waals surface area contributed by atoms with Crippen molar-refractivity contribution in [2.24, 2.45) is 5.73 Å². The molecule has 2 N–H and O–H groups in total. The highest BCUT2D eigenvalue weighted by molar-refractivity contribution is 8.00. The maximum absolute atomic E-state index is 6.42. The molecule has 3 nitrogen and oxygen atoms in total. The van der Waals surface area contributed by atoms with E-state index in [0.29, 0.717) is 10.5 Å². The maximum atomic E-state index is 6.42. The van der Waals surface area contributed by atoms with Crippen molar-refractivity contribution in [1.82, 2.24) is 0 Å². The lowest BCUT2D eigenvalue weighted by Crippen LogP contribution is -2.25. The molecule has 1 fully saturated rings. The van der Waals surface area contributed by atoms with E-state index >= 15 is 0 Å². The van der Waals surface area contributed by atoms with Crippen molar-refractivity contribution in [1.29, 1.82) is 0 Å². The second-order valence-electron chi connectivity index (χ2n) is 5.28. The van der Waals surface area contributed by atoms with Crippen molar-refractivity contribution >= 4 is 11.8 Å². The number of hydrogen-bond acceptors (Lipinski definition) is 4. The number of fused-ring (bicyclic) bond motifs is 1. The average molecular weight is 279 g/mol. The number of ether oxygens (including phenoxy) is 2. The van der Waals surface area contributed by atoms with Gasteiger partial charge in [0.25, 0.3) is 0 Å². The van der Waals surface area contributed by atoms with Crippen LogP contribution in [0.4, 0.5) is 0 Å². The van der Waals surface area contributed by atoms with E-state index in [0.717, 1.165) is 38.2 Å². The van der Waals surface area contributed by atoms with Gasteiger partial charge in [0.05, 0.1) is 7.11 Å². The molecule has 0 saturated carbocycles. The van der Waals surface area contributed by atoms with Gasteiger partial charge in [0.2, 0.25) is 0 Å². The first-order valence-electron chi connectivity index (χ1n) is 6.93. The van der Waals surface area contributed by atoms with Crippen molar-refractivity contribution in [3.63, 3.8) is 0 Å². The molecule has 1 heterocycles. The van der Waals surface area contributed by atoms with E-state index in [1.165, 1.54) is 11.1 Å². The van der Waals surface area contributed by atoms with E-state index in [-0.39, 0.29) is 6.04 Å². The fourth-order valence-corrected chi connectivity index (χ4v) is 4.48. The zero-order valence-corrected chi connectivity index (χ0v) is 12.1. The van der Waals surface area contributed by atoms with Gasteiger partial charge in [0, 0.05) is 29.8 Å². The van der Waals surface area contributed by atoms with Gasteiger partial charge in [-0.05, 0) is 42.5 Å². The first-order valence-corrected chi connectivity index (χ1v) is 7.88. The summed E-state index contributed by atoms with van der Waals surface area (Å²) in [5.41, 5.74) is 9.08. The van der Waals surface area contributed by atoms with Gasteiger partial charge >= 0.3 is 0 Å². The van der Waals surface area contributed by atoms with E-state index in [1.807, 2.05) is 6.07 Å². The molecule has 0 radical (unpaired) electrons. The third-order valence-corrected chi connectivity index (χ3v) is 5.74. The molecule has 0 spiro atoms. The van der Waals surface area contributed by atoms with E-state index in [9.17, 15) is 0 Å². The summed E-state index contributed by atoms with van der Waals surface area (Å²) in [6.45, 7) is 1.81. The molecule has 1 aromatic carbocycles. The quantitative estimate of drug-likeness (QED) is 0.923. The highest BCUT2D eigenvalue weighted by atomic mass is 32.2. The molecule has 2 aliphatic rings. The van der Waals surface area contributed by atoms with Crippen LogP contribution in [-0.2, 0) is 11.2 Å². The van der Waals surface area contributed by atoms with Gasteiger partial charge in [-0.15, -0.1) is 0 Å². The summed E-state index contributed by atoms with van der Waals surface area (Å²) in [7, 11) is 1.70. The van der Waals surface area contributed by atoms with Gasteiger partial charge in [-0.2, -0.15) is 11.8 Å². The lowest BCUT2D eigenvalue weighted by Gasteiger charge is -2.26. The second kappa shape index (κ2) is 5.73. The Kier molecular flexibility index (Phi) is 4.01. The molecule has 2 atom stereocenters. The zero-order valence-electron chi connectivity index (χ0n) is 11.3. The first-order chi connectivity index (χ1) is 9.28. The van der Waals surface area contributed by atoms with Crippen LogP contribution < -0.4 is 10.5 Å². The van der Waals surface area contributed by atoms with Crippen molar-refractivity contribution < 1.29 is 9.47 Å². The minimum Gasteiger partial charge on any atom is -0.497 e. The summed E-state index contributed by atoms with van der Waals surface area (Å²) in [6.07, 6.45) is 3.41. The number of nitrogens with two attached hydrogens (primary N) is 1. The molecule has 104 valence electrons. The Balaban J connectivity index is 1.69. The van der Waals surface area contributed by atoms with Crippen LogP contribution in [0, 0.1) is 0 Å². The predicted molar refractivity (Wildman–Crippen MR) is 78.8 cm³/mol. The largest absolute Gasteiger partial charge is 0.497 e. The number of thioether (sulfide) groups is 1. The molecule has 0 bridgehead atoms. The van der Waals surface area contributed by atoms with Crippen molar-refractivity contribution in [2.45, 2.75) is 35.8 Å². The van der Waals surface area contributed by atoms with Crippen LogP contribution in [0.1, 0.15) is 30.0 Å². The second-order valence-corrected chi connectivity index (χ2v) is 6.83. The first kappa shape index (κ1) is 13.3. The van der Waals surface area contributed by atoms with Crippen molar-refractivity contribution in [3.05, 3.63) is 29.3 Å². The Morgan fingerprint density at radius 2 is 2.11 bits per heavy atom. The SMILES string of the molecule is COc1ccc2c(c1)C(N)C(SC1CCOCC1)C2. The van der Waals surface area contributed by atoms with Crippen LogP contribution in [0.15, 0.2) is 18.2 Å². The van der Waals surface area contributed by atoms with E-state index in [1.54, 1.807) is 7.11 Å². The minimum atomic E-state index is 0.137. The Bertz CT molecular complexity index is 446. The van der Waals surface area contributed by atoms with Gasteiger partial charge in [-0.1, -0.05) is 6.07 Å². The van der Waals surface area contributed by atoms with Gasteiger partial charge in [0.1, 0.15) is 5.75 Å². The topological polar surface area (TPSA) is 44.5 Å². The number of benzene rings is 1. The van der Waals surface area contributed by atoms with Crippen LogP contribution >= 0.6 is 11.8 Å². The average Bonchev–Trinajstić information content (AvgIpc) is 2.76. The zero-order chi connectivity index (χ0) is 13.2. The van der Waals surface area contributed by atoms with Gasteiger partial charge in [0.15, 0.2) is 0 Å². The molecule has 0 amide bonds. The highest BCUT2D eigenvalue weighted by Crippen LogP contribution is 2.41. The van der Waals surface area contributed by atoms with E-state index in [4.69, 9.17) is 15.2 Å². The normalized spacial score (nSPS) is 27.3. The van der Waals surface area contributed by atoms with Gasteiger partial charge < -0.3 is 15.2 Å². The molecule has 1 aliphatic heterocycles. The smallest absolute Gasteiger partial charge is 0.119 e. The fourth-order valence-electron chi connectivity index (χ4n) is 2.93. The maximum Gasteiger partial charge on any atom is 0.119 e. The fraction of sp³-hybridized carbons (Fsp3) is 0.600. The van der Waals surface area contributed by atoms with Crippen LogP contribution in [0.5, 0.6) is 5.75 Å². The van der Waals surface area contributed by atoms with Crippen molar-refractivity contribution in [3.8, 4) is 5.75 Å². The summed E-state index contributed by atoms with van der Waals surface area (Å²) in [6, 6.07) is 6.44. The predicted octanol–water partition coefficient (Wildman–Crippen LogP) is 2.53. The van der Waals surface area contributed by atoms with Crippen LogP contribution in [0.2, 0.25) is 0 Å². The van der Waals surface area contributed by atoms with Crippen LogP contribution in [0.3, 0.4) is 0 Å². The Morgan fingerprint density at radius 3 is 2.84 bits per heavy atom. The summed E-state index contributed by atoms with van der Waals surface area (Å²) in [5, 5.41) is 1.21. The summed E-state index contributed by atoms with van der Waals surface area (Å²) in [4.78, 5) is 0. The van der Waals surface area contributed by atoms with E-state index in [2.05, 4.69) is 23.9 Å². The highest BCUT2D eigenvalue weighted by Gasteiger charge is 2.32. The van der Waals surface area contributed by atoms with Gasteiger partial charge in [-0.25, -0.2) is 0 Å². The number of methoxy groups -OCH3 is 1. The summed E-state index contributed by atoms with van der Waals surface area (Å²) < 4.78 is 10.7. The number of rotatable bonds is 3. The monoisotopic (exact) mass is 279 g/mol. The third-order valence-electron chi connectivity index (χ3n) is 4.07. The summed E-state index contributed by atoms with van der Waals surface area (Å²) >= 11 is 2.06. The molecule has 0 aromatic heterocycles. The van der Waals surface area contributed by atoms with Crippen molar-refractivity contribution in [2.75, 3.05) is 20.3 Å². The Labute approximate surface area is 118 Å². The third kappa shape index (κ3) is 2.76. The molecule has 2 unspecified atom stereocenters. The Morgan fingerprint density at radius 1 is 1.32 bits per heavy atom. The molecule has 1 saturated heterocycles. The minimum absolute atomic E-state index is 0.137. The van der Waals surface area contributed by atoms with Crippen LogP contribution in [0.25, 0.3) is 0 Å². The van der Waals surface area contributed by atoms with Gasteiger partial charge in [-0.3, -0.25) is 0 Å². The Hall–Kier alpha value is -0.710. The lowest BCUT2D eigenvalue weighted by atomic mass is 10.1. The standard InChI is InChI=1S/C15H21NO2S/c1-17-11-3-2-10-8-14(15(16)13(10)9-11)19-12-4-6-18-7-5-12/h2-3,9,12,14-15H,4-8,16H2,1H3. The van der Waals surface area contributed by atoms with Crippen LogP contribution in [-0.4, -0.2) is 30.8 Å². The molecule has 4 heteroatoms. The molecular weight excluding hydrogens is 258 g/mol. The lowest BCUT2D eigenvalue weighted by molar-refractivity contribution is 0.0999. The summed E-state index contributed by atoms with van der Waals surface area (Å²) in [5.74, 6) is 0.908. The number of hydrogen-bond donors (Lipinski definition) is 1. The molecule has 19 heavy (non-hydrogen) atoms. The molecule has 3 rings (SSSR count). The molecule has 1 aromatic rings.